The molecule has 0 aromatic carbocycles. The van der Waals surface area contributed by atoms with E-state index in [9.17, 15) is 14.4 Å². The van der Waals surface area contributed by atoms with Crippen molar-refractivity contribution in [3.8, 4) is 0 Å². The van der Waals surface area contributed by atoms with E-state index in [0.29, 0.717) is 6.54 Å². The topological polar surface area (TPSA) is 78.5 Å². The molecule has 4 amide bonds. The molecule has 2 rings (SSSR count). The van der Waals surface area contributed by atoms with Gasteiger partial charge in [-0.3, -0.25) is 14.5 Å². The smallest absolute Gasteiger partial charge is 0.325 e. The molecule has 22 heavy (non-hydrogen) atoms. The van der Waals surface area contributed by atoms with Crippen LogP contribution in [0.5, 0.6) is 0 Å². The minimum Gasteiger partial charge on any atom is -0.355 e. The third-order valence-corrected chi connectivity index (χ3v) is 4.78. The van der Waals surface area contributed by atoms with E-state index in [1.165, 1.54) is 11.3 Å². The lowest BCUT2D eigenvalue weighted by molar-refractivity contribution is -0.134. The van der Waals surface area contributed by atoms with Crippen LogP contribution in [-0.4, -0.2) is 35.8 Å². The first-order valence-electron chi connectivity index (χ1n) is 7.44. The highest BCUT2D eigenvalue weighted by atomic mass is 32.1. The Morgan fingerprint density at radius 2 is 2.18 bits per heavy atom. The van der Waals surface area contributed by atoms with Crippen molar-refractivity contribution in [2.75, 3.05) is 13.1 Å². The summed E-state index contributed by atoms with van der Waals surface area (Å²) in [5.74, 6) is -0.696. The summed E-state index contributed by atoms with van der Waals surface area (Å²) in [5, 5.41) is 7.27. The fraction of sp³-hybridized carbons (Fsp3) is 0.533. The van der Waals surface area contributed by atoms with Gasteiger partial charge in [0.2, 0.25) is 5.91 Å². The van der Waals surface area contributed by atoms with Crippen LogP contribution >= 0.6 is 11.3 Å². The third-order valence-electron chi connectivity index (χ3n) is 3.69. The average Bonchev–Trinajstić information content (AvgIpc) is 3.08. The van der Waals surface area contributed by atoms with Gasteiger partial charge in [-0.2, -0.15) is 0 Å². The summed E-state index contributed by atoms with van der Waals surface area (Å²) in [6.07, 6.45) is 3.01. The van der Waals surface area contributed by atoms with Crippen molar-refractivity contribution in [3.05, 3.63) is 22.4 Å². The number of carbonyl (C=O) groups excluding carboxylic acids is 3. The number of imide groups is 1. The van der Waals surface area contributed by atoms with Crippen molar-refractivity contribution < 1.29 is 14.4 Å². The van der Waals surface area contributed by atoms with Crippen molar-refractivity contribution in [2.24, 2.45) is 0 Å². The van der Waals surface area contributed by atoms with Crippen molar-refractivity contribution >= 4 is 29.2 Å². The summed E-state index contributed by atoms with van der Waals surface area (Å²) in [6, 6.07) is 3.11. The Kier molecular flexibility index (Phi) is 5.18. The van der Waals surface area contributed by atoms with Gasteiger partial charge in [0.05, 0.1) is 0 Å². The molecule has 0 radical (unpaired) electrons. The largest absolute Gasteiger partial charge is 0.355 e. The van der Waals surface area contributed by atoms with E-state index in [4.69, 9.17) is 0 Å². The molecule has 1 unspecified atom stereocenters. The number of carbonyl (C=O) groups is 3. The average molecular weight is 323 g/mol. The molecule has 6 nitrogen and oxygen atoms in total. The maximum Gasteiger partial charge on any atom is 0.325 e. The minimum absolute atomic E-state index is 0.238. The summed E-state index contributed by atoms with van der Waals surface area (Å²) in [6.45, 7) is 4.08. The maximum atomic E-state index is 12.5. The predicted molar refractivity (Wildman–Crippen MR) is 84.5 cm³/mol. The molecule has 0 saturated carbocycles. The molecule has 1 aliphatic rings. The number of nitrogens with zero attached hydrogens (tertiary/aromatic N) is 1. The molecule has 0 spiro atoms. The van der Waals surface area contributed by atoms with Gasteiger partial charge in [0, 0.05) is 11.4 Å². The highest BCUT2D eigenvalue weighted by molar-refractivity contribution is 7.10. The van der Waals surface area contributed by atoms with Gasteiger partial charge < -0.3 is 10.6 Å². The standard InChI is InChI=1S/C15H21N3O3S/c1-3-4-5-8-16-12(19)10-18-13(20)15(2,17-14(18)21)11-7-6-9-22-11/h6-7,9H,3-5,8,10H2,1-2H3,(H,16,19)(H,17,21). The van der Waals surface area contributed by atoms with Crippen molar-refractivity contribution in [1.29, 1.82) is 0 Å². The number of urea groups is 1. The van der Waals surface area contributed by atoms with Gasteiger partial charge in [-0.25, -0.2) is 4.79 Å². The molecule has 1 atom stereocenters. The zero-order chi connectivity index (χ0) is 16.2. The Labute approximate surface area is 133 Å². The molecular formula is C15H21N3O3S. The summed E-state index contributed by atoms with van der Waals surface area (Å²) >= 11 is 1.40. The van der Waals surface area contributed by atoms with E-state index in [2.05, 4.69) is 17.6 Å². The molecule has 1 saturated heterocycles. The van der Waals surface area contributed by atoms with Gasteiger partial charge in [-0.05, 0) is 24.8 Å². The molecule has 0 aliphatic carbocycles. The van der Waals surface area contributed by atoms with Crippen molar-refractivity contribution in [2.45, 2.75) is 38.6 Å². The van der Waals surface area contributed by atoms with Gasteiger partial charge in [-0.15, -0.1) is 11.3 Å². The Balaban J connectivity index is 1.96. The van der Waals surface area contributed by atoms with E-state index >= 15 is 0 Å². The number of rotatable bonds is 7. The lowest BCUT2D eigenvalue weighted by atomic mass is 10.0. The van der Waals surface area contributed by atoms with Crippen LogP contribution in [0.25, 0.3) is 0 Å². The molecule has 120 valence electrons. The van der Waals surface area contributed by atoms with Gasteiger partial charge in [0.1, 0.15) is 6.54 Å². The second-order valence-electron chi connectivity index (χ2n) is 5.48. The van der Waals surface area contributed by atoms with Crippen molar-refractivity contribution in [1.82, 2.24) is 15.5 Å². The van der Waals surface area contributed by atoms with Gasteiger partial charge in [0.25, 0.3) is 5.91 Å². The quantitative estimate of drug-likeness (QED) is 0.593. The van der Waals surface area contributed by atoms with E-state index in [0.717, 1.165) is 29.0 Å². The highest BCUT2D eigenvalue weighted by Gasteiger charge is 2.50. The zero-order valence-corrected chi connectivity index (χ0v) is 13.7. The van der Waals surface area contributed by atoms with Crippen molar-refractivity contribution in [3.63, 3.8) is 0 Å². The molecule has 2 heterocycles. The predicted octanol–water partition coefficient (Wildman–Crippen LogP) is 1.82. The molecular weight excluding hydrogens is 302 g/mol. The number of thiophene rings is 1. The number of hydrogen-bond donors (Lipinski definition) is 2. The van der Waals surface area contributed by atoms with E-state index in [1.54, 1.807) is 13.0 Å². The van der Waals surface area contributed by atoms with Crippen LogP contribution in [0.4, 0.5) is 4.79 Å². The number of unbranched alkanes of at least 4 members (excludes halogenated alkanes) is 2. The minimum atomic E-state index is -1.08. The fourth-order valence-electron chi connectivity index (χ4n) is 2.37. The molecule has 2 N–H and O–H groups in total. The van der Waals surface area contributed by atoms with Crippen LogP contribution in [0, 0.1) is 0 Å². The number of amides is 4. The van der Waals surface area contributed by atoms with Gasteiger partial charge >= 0.3 is 6.03 Å². The first-order valence-corrected chi connectivity index (χ1v) is 8.31. The molecule has 7 heteroatoms. The van der Waals surface area contributed by atoms with E-state index in [1.807, 2.05) is 11.4 Å². The molecule has 1 aromatic rings. The van der Waals surface area contributed by atoms with Crippen LogP contribution in [0.2, 0.25) is 0 Å². The summed E-state index contributed by atoms with van der Waals surface area (Å²) in [7, 11) is 0. The highest BCUT2D eigenvalue weighted by Crippen LogP contribution is 2.31. The first-order chi connectivity index (χ1) is 10.5. The first kappa shape index (κ1) is 16.5. The van der Waals surface area contributed by atoms with Crippen LogP contribution in [0.3, 0.4) is 0 Å². The maximum absolute atomic E-state index is 12.5. The number of hydrogen-bond acceptors (Lipinski definition) is 4. The van der Waals surface area contributed by atoms with E-state index < -0.39 is 11.6 Å². The SMILES string of the molecule is CCCCCNC(=O)CN1C(=O)NC(C)(c2cccs2)C1=O. The molecule has 0 bridgehead atoms. The second-order valence-corrected chi connectivity index (χ2v) is 6.43. The van der Waals surface area contributed by atoms with Crippen LogP contribution in [-0.2, 0) is 15.1 Å². The van der Waals surface area contributed by atoms with E-state index in [-0.39, 0.29) is 18.4 Å². The van der Waals surface area contributed by atoms with Crippen LogP contribution in [0.1, 0.15) is 38.0 Å². The fourth-order valence-corrected chi connectivity index (χ4v) is 3.21. The molecule has 1 aromatic heterocycles. The Bertz CT molecular complexity index is 558. The second kappa shape index (κ2) is 6.91. The Morgan fingerprint density at radius 1 is 1.41 bits per heavy atom. The number of nitrogens with one attached hydrogen (secondary N) is 2. The zero-order valence-electron chi connectivity index (χ0n) is 12.8. The lowest BCUT2D eigenvalue weighted by Crippen LogP contribution is -2.43. The van der Waals surface area contributed by atoms with Gasteiger partial charge in [-0.1, -0.05) is 25.8 Å². The lowest BCUT2D eigenvalue weighted by Gasteiger charge is -2.19. The Hall–Kier alpha value is -1.89. The normalized spacial score (nSPS) is 21.1. The van der Waals surface area contributed by atoms with Crippen LogP contribution < -0.4 is 10.6 Å². The summed E-state index contributed by atoms with van der Waals surface area (Å²) in [4.78, 5) is 38.2. The summed E-state index contributed by atoms with van der Waals surface area (Å²) < 4.78 is 0. The van der Waals surface area contributed by atoms with Crippen LogP contribution in [0.15, 0.2) is 17.5 Å². The molecule has 1 aliphatic heterocycles. The summed E-state index contributed by atoms with van der Waals surface area (Å²) in [5.41, 5.74) is -1.08. The third kappa shape index (κ3) is 3.30. The monoisotopic (exact) mass is 323 g/mol. The molecule has 1 fully saturated rings. The Morgan fingerprint density at radius 3 is 2.82 bits per heavy atom. The van der Waals surface area contributed by atoms with Gasteiger partial charge in [0.15, 0.2) is 5.54 Å².